The Morgan fingerprint density at radius 2 is 1.72 bits per heavy atom. The number of sulfonamides is 1. The van der Waals surface area contributed by atoms with E-state index in [4.69, 9.17) is 4.74 Å². The molecule has 39 heavy (non-hydrogen) atoms. The second-order valence-corrected chi connectivity index (χ2v) is 13.7. The molecule has 0 bridgehead atoms. The van der Waals surface area contributed by atoms with Crippen molar-refractivity contribution >= 4 is 33.8 Å². The monoisotopic (exact) mass is 564 g/mol. The fourth-order valence-electron chi connectivity index (χ4n) is 6.11. The summed E-state index contributed by atoms with van der Waals surface area (Å²) in [5.74, 6) is -1.83. The Bertz CT molecular complexity index is 1120. The fraction of sp³-hybridized carbons (Fsp3) is 0.778. The van der Waals surface area contributed by atoms with Crippen LogP contribution in [0.2, 0.25) is 0 Å². The van der Waals surface area contributed by atoms with E-state index < -0.39 is 50.8 Å². The lowest BCUT2D eigenvalue weighted by molar-refractivity contribution is -0.141. The zero-order valence-corrected chi connectivity index (χ0v) is 23.2. The Morgan fingerprint density at radius 3 is 2.46 bits per heavy atom. The number of allylic oxidation sites excluding steroid dienone is 1. The first kappa shape index (κ1) is 27.9. The van der Waals surface area contributed by atoms with E-state index in [0.717, 1.165) is 51.4 Å². The molecule has 4 amide bonds. The quantitative estimate of drug-likeness (QED) is 0.432. The zero-order chi connectivity index (χ0) is 27.6. The summed E-state index contributed by atoms with van der Waals surface area (Å²) in [6.07, 6.45) is 12.9. The highest BCUT2D eigenvalue weighted by molar-refractivity contribution is 7.91. The molecule has 3 saturated carbocycles. The summed E-state index contributed by atoms with van der Waals surface area (Å²) in [6.45, 7) is 0.366. The molecule has 0 radical (unpaired) electrons. The number of rotatable bonds is 5. The largest absolute Gasteiger partial charge is 0.446 e. The van der Waals surface area contributed by atoms with Gasteiger partial charge in [-0.3, -0.25) is 19.1 Å². The third kappa shape index (κ3) is 6.41. The molecular formula is C27H40N4O7S. The van der Waals surface area contributed by atoms with Crippen molar-refractivity contribution in [3.8, 4) is 0 Å². The highest BCUT2D eigenvalue weighted by atomic mass is 32.2. The molecule has 2 heterocycles. The van der Waals surface area contributed by atoms with Gasteiger partial charge in [-0.1, -0.05) is 25.0 Å². The van der Waals surface area contributed by atoms with Crippen molar-refractivity contribution in [1.29, 1.82) is 0 Å². The Kier molecular flexibility index (Phi) is 8.21. The van der Waals surface area contributed by atoms with Gasteiger partial charge in [0.2, 0.25) is 21.8 Å². The molecule has 2 aliphatic heterocycles. The maximum Gasteiger partial charge on any atom is 0.408 e. The maximum atomic E-state index is 13.7. The van der Waals surface area contributed by atoms with E-state index in [1.165, 1.54) is 4.90 Å². The van der Waals surface area contributed by atoms with E-state index in [-0.39, 0.29) is 17.9 Å². The summed E-state index contributed by atoms with van der Waals surface area (Å²) >= 11 is 0. The zero-order valence-electron chi connectivity index (χ0n) is 22.4. The van der Waals surface area contributed by atoms with Gasteiger partial charge < -0.3 is 20.3 Å². The van der Waals surface area contributed by atoms with Crippen molar-refractivity contribution in [2.45, 2.75) is 119 Å². The molecule has 5 rings (SSSR count). The molecule has 0 aromatic carbocycles. The van der Waals surface area contributed by atoms with Gasteiger partial charge >= 0.3 is 6.09 Å². The second kappa shape index (κ2) is 11.5. The Labute approximate surface area is 229 Å². The maximum absolute atomic E-state index is 13.7. The van der Waals surface area contributed by atoms with E-state index in [2.05, 4.69) is 15.4 Å². The molecule has 5 aliphatic rings. The number of amides is 4. The summed E-state index contributed by atoms with van der Waals surface area (Å²) in [7, 11) is -3.78. The van der Waals surface area contributed by atoms with Crippen LogP contribution in [0.25, 0.3) is 0 Å². The van der Waals surface area contributed by atoms with Crippen LogP contribution in [0, 0.1) is 5.92 Å². The minimum absolute atomic E-state index is 0.128. The van der Waals surface area contributed by atoms with Crippen molar-refractivity contribution in [3.63, 3.8) is 0 Å². The van der Waals surface area contributed by atoms with Gasteiger partial charge in [0, 0.05) is 12.5 Å². The Hall–Kier alpha value is -2.63. The number of ether oxygens (including phenoxy) is 1. The van der Waals surface area contributed by atoms with Gasteiger partial charge in [-0.05, 0) is 77.0 Å². The van der Waals surface area contributed by atoms with E-state index in [0.29, 0.717) is 45.1 Å². The molecule has 4 fully saturated rings. The standard InChI is InChI=1S/C27H40N4O7S/c32-23-22-13-8-16-31(22)24(33)21(28-26(35)38-19-10-6-7-11-19)12-5-3-1-2-4-9-18-17-27(18,29-23)25(34)30-39(36,37)20-14-15-20/h4,9,18-22H,1-3,5-8,10-17H2,(H,28,35)(H,29,32)(H,30,34)/b9-4-/t18-,21-,22-,27+/m0/s1. The van der Waals surface area contributed by atoms with Crippen LogP contribution in [-0.2, 0) is 29.1 Å². The number of alkyl carbamates (subject to hydrolysis) is 1. The van der Waals surface area contributed by atoms with Crippen molar-refractivity contribution in [2.75, 3.05) is 6.54 Å². The molecule has 4 atom stereocenters. The predicted octanol–water partition coefficient (Wildman–Crippen LogP) is 2.02. The van der Waals surface area contributed by atoms with Crippen LogP contribution in [0.3, 0.4) is 0 Å². The summed E-state index contributed by atoms with van der Waals surface area (Å²) in [5, 5.41) is 5.05. The first-order valence-corrected chi connectivity index (χ1v) is 16.1. The number of carbonyl (C=O) groups excluding carboxylic acids is 4. The SMILES string of the molecule is O=C(N[C@H]1CCCCC/C=C\[C@H]2C[C@@]2(C(=O)NS(=O)(=O)C2CC2)NC(=O)[C@@H]2CCCN2C1=O)OC1CCCC1. The summed E-state index contributed by atoms with van der Waals surface area (Å²) in [4.78, 5) is 54.6. The average Bonchev–Trinajstić information content (AvgIpc) is 3.74. The van der Waals surface area contributed by atoms with Gasteiger partial charge in [0.1, 0.15) is 23.7 Å². The molecule has 11 nitrogen and oxygen atoms in total. The Morgan fingerprint density at radius 1 is 0.974 bits per heavy atom. The molecular weight excluding hydrogens is 524 g/mol. The number of carbonyl (C=O) groups is 4. The number of hydrogen-bond acceptors (Lipinski definition) is 7. The highest BCUT2D eigenvalue weighted by Crippen LogP contribution is 2.46. The van der Waals surface area contributed by atoms with Crippen LogP contribution >= 0.6 is 0 Å². The summed E-state index contributed by atoms with van der Waals surface area (Å²) in [6, 6.07) is -1.60. The Balaban J connectivity index is 1.32. The third-order valence-corrected chi connectivity index (χ3v) is 10.5. The highest BCUT2D eigenvalue weighted by Gasteiger charge is 2.61. The van der Waals surface area contributed by atoms with Crippen LogP contribution in [-0.4, -0.2) is 72.7 Å². The molecule has 3 aliphatic carbocycles. The molecule has 0 unspecified atom stereocenters. The molecule has 3 N–H and O–H groups in total. The number of nitrogens with one attached hydrogen (secondary N) is 3. The van der Waals surface area contributed by atoms with E-state index in [9.17, 15) is 27.6 Å². The third-order valence-electron chi connectivity index (χ3n) is 8.70. The van der Waals surface area contributed by atoms with Crippen molar-refractivity contribution in [2.24, 2.45) is 5.92 Å². The smallest absolute Gasteiger partial charge is 0.408 e. The lowest BCUT2D eigenvalue weighted by atomic mass is 10.1. The van der Waals surface area contributed by atoms with E-state index in [1.807, 2.05) is 12.2 Å². The molecule has 0 aromatic heterocycles. The average molecular weight is 565 g/mol. The van der Waals surface area contributed by atoms with E-state index >= 15 is 0 Å². The van der Waals surface area contributed by atoms with Gasteiger partial charge in [-0.15, -0.1) is 0 Å². The molecule has 1 saturated heterocycles. The summed E-state index contributed by atoms with van der Waals surface area (Å²) in [5.41, 5.74) is -1.35. The first-order valence-electron chi connectivity index (χ1n) is 14.5. The number of fused-ring (bicyclic) bond motifs is 2. The topological polar surface area (TPSA) is 151 Å². The predicted molar refractivity (Wildman–Crippen MR) is 142 cm³/mol. The van der Waals surface area contributed by atoms with Crippen LogP contribution in [0.5, 0.6) is 0 Å². The van der Waals surface area contributed by atoms with Crippen LogP contribution < -0.4 is 15.4 Å². The normalized spacial score (nSPS) is 33.1. The van der Waals surface area contributed by atoms with Crippen molar-refractivity contribution < 1.29 is 32.3 Å². The van der Waals surface area contributed by atoms with Crippen LogP contribution in [0.15, 0.2) is 12.2 Å². The van der Waals surface area contributed by atoms with Gasteiger partial charge in [0.25, 0.3) is 5.91 Å². The van der Waals surface area contributed by atoms with Crippen LogP contribution in [0.4, 0.5) is 4.79 Å². The summed E-state index contributed by atoms with van der Waals surface area (Å²) < 4.78 is 32.7. The minimum Gasteiger partial charge on any atom is -0.446 e. The lowest BCUT2D eigenvalue weighted by Crippen LogP contribution is -2.58. The number of nitrogens with zero attached hydrogens (tertiary/aromatic N) is 1. The van der Waals surface area contributed by atoms with Crippen molar-refractivity contribution in [3.05, 3.63) is 12.2 Å². The fourth-order valence-corrected chi connectivity index (χ4v) is 7.47. The number of hydrogen-bond donors (Lipinski definition) is 3. The second-order valence-electron chi connectivity index (χ2n) is 11.7. The molecule has 0 spiro atoms. The van der Waals surface area contributed by atoms with Gasteiger partial charge in [0.05, 0.1) is 5.25 Å². The molecule has 216 valence electrons. The van der Waals surface area contributed by atoms with Gasteiger partial charge in [-0.25, -0.2) is 13.2 Å². The van der Waals surface area contributed by atoms with Crippen LogP contribution in [0.1, 0.15) is 89.9 Å². The molecule has 0 aromatic rings. The minimum atomic E-state index is -3.78. The first-order chi connectivity index (χ1) is 18.7. The van der Waals surface area contributed by atoms with Gasteiger partial charge in [0.15, 0.2) is 0 Å². The molecule has 12 heteroatoms. The van der Waals surface area contributed by atoms with Gasteiger partial charge in [-0.2, -0.15) is 0 Å². The lowest BCUT2D eigenvalue weighted by Gasteiger charge is -2.30. The van der Waals surface area contributed by atoms with E-state index in [1.54, 1.807) is 0 Å². The van der Waals surface area contributed by atoms with Crippen molar-refractivity contribution in [1.82, 2.24) is 20.3 Å².